The number of sulfone groups is 1. The molecule has 0 unspecified atom stereocenters. The summed E-state index contributed by atoms with van der Waals surface area (Å²) in [5.74, 6) is 2.08. The number of nitrogens with one attached hydrogen (secondary N) is 1. The number of carbonyl (C=O) groups excluding carboxylic acids is 1. The van der Waals surface area contributed by atoms with Crippen LogP contribution in [0.25, 0.3) is 6.08 Å². The van der Waals surface area contributed by atoms with E-state index >= 15 is 0 Å². The van der Waals surface area contributed by atoms with Crippen LogP contribution in [0.2, 0.25) is 0 Å². The van der Waals surface area contributed by atoms with Crippen molar-refractivity contribution in [2.24, 2.45) is 0 Å². The number of benzene rings is 2. The van der Waals surface area contributed by atoms with Crippen molar-refractivity contribution in [2.75, 3.05) is 55.1 Å². The molecule has 1 N–H and O–H groups in total. The summed E-state index contributed by atoms with van der Waals surface area (Å²) in [6.45, 7) is 0. The Hall–Kier alpha value is -4.91. The fraction of sp³-hybridized carbons (Fsp3) is 0.267. The Morgan fingerprint density at radius 2 is 1.35 bits per heavy atom. The van der Waals surface area contributed by atoms with Crippen LogP contribution in [0.1, 0.15) is 21.6 Å². The van der Waals surface area contributed by atoms with Gasteiger partial charge in [0, 0.05) is 35.4 Å². The van der Waals surface area contributed by atoms with Gasteiger partial charge in [-0.2, -0.15) is 0 Å². The quantitative estimate of drug-likeness (QED) is 0.190. The van der Waals surface area contributed by atoms with Crippen LogP contribution in [0.4, 0.5) is 5.82 Å². The van der Waals surface area contributed by atoms with E-state index in [1.165, 1.54) is 86.3 Å². The first kappa shape index (κ1) is 32.6. The third-order valence-electron chi connectivity index (χ3n) is 6.08. The number of ether oxygens (including phenoxy) is 7. The lowest BCUT2D eigenvalue weighted by molar-refractivity contribution is 0.104. The van der Waals surface area contributed by atoms with Crippen LogP contribution < -0.4 is 38.5 Å². The standard InChI is InChI=1S/C30H34N2O10S/c1-36-21-16-25(38-3)22(26(17-21)39-4)11-13-43(34,35)18-20-8-9-24(37-2)30(32-20)31-12-10-23(33)19-14-27(40-5)29(42-7)28(15-19)41-6/h8-17H,18H2,1-7H3,(H,31,32)/b12-10+,13-11+. The largest absolute Gasteiger partial charge is 0.496 e. The number of methoxy groups -OCH3 is 7. The van der Waals surface area contributed by atoms with Crippen molar-refractivity contribution in [3.63, 3.8) is 0 Å². The van der Waals surface area contributed by atoms with Gasteiger partial charge in [0.25, 0.3) is 0 Å². The molecule has 3 rings (SSSR count). The van der Waals surface area contributed by atoms with E-state index in [0.29, 0.717) is 51.4 Å². The third kappa shape index (κ3) is 8.10. The molecule has 0 spiro atoms. The fourth-order valence-corrected chi connectivity index (χ4v) is 4.99. The summed E-state index contributed by atoms with van der Waals surface area (Å²) in [6.07, 6.45) is 4.05. The van der Waals surface area contributed by atoms with Gasteiger partial charge in [0.1, 0.15) is 17.2 Å². The van der Waals surface area contributed by atoms with Gasteiger partial charge in [0.2, 0.25) is 5.75 Å². The van der Waals surface area contributed by atoms with E-state index in [0.717, 1.165) is 5.41 Å². The maximum atomic E-state index is 13.0. The van der Waals surface area contributed by atoms with Crippen LogP contribution in [0.5, 0.6) is 40.2 Å². The smallest absolute Gasteiger partial charge is 0.203 e. The number of hydrogen-bond acceptors (Lipinski definition) is 12. The molecule has 0 atom stereocenters. The predicted molar refractivity (Wildman–Crippen MR) is 162 cm³/mol. The first-order valence-electron chi connectivity index (χ1n) is 12.7. The van der Waals surface area contributed by atoms with Crippen LogP contribution in [-0.4, -0.2) is 69.0 Å². The molecular weight excluding hydrogens is 580 g/mol. The average molecular weight is 615 g/mol. The highest BCUT2D eigenvalue weighted by Gasteiger charge is 2.17. The monoisotopic (exact) mass is 614 g/mol. The number of aromatic nitrogens is 1. The van der Waals surface area contributed by atoms with Gasteiger partial charge in [-0.05, 0) is 30.3 Å². The van der Waals surface area contributed by atoms with Gasteiger partial charge in [0.05, 0.1) is 66.8 Å². The second-order valence-corrected chi connectivity index (χ2v) is 10.6. The van der Waals surface area contributed by atoms with E-state index in [1.54, 1.807) is 18.2 Å². The Bertz CT molecular complexity index is 1570. The molecule has 0 bridgehead atoms. The SMILES string of the molecule is COc1cc(OC)c(/C=C/S(=O)(=O)Cc2ccc(OC)c(N/C=C/C(=O)c3cc(OC)c(OC)c(OC)c3)n2)c(OC)c1. The Kier molecular flexibility index (Phi) is 11.2. The predicted octanol–water partition coefficient (Wildman–Crippen LogP) is 4.54. The molecule has 43 heavy (non-hydrogen) atoms. The van der Waals surface area contributed by atoms with E-state index in [-0.39, 0.29) is 17.3 Å². The first-order chi connectivity index (χ1) is 20.6. The molecule has 0 aliphatic carbocycles. The summed E-state index contributed by atoms with van der Waals surface area (Å²) in [4.78, 5) is 17.2. The zero-order valence-electron chi connectivity index (χ0n) is 24.9. The topological polar surface area (TPSA) is 141 Å². The lowest BCUT2D eigenvalue weighted by Gasteiger charge is -2.13. The number of ketones is 1. The molecule has 13 heteroatoms. The van der Waals surface area contributed by atoms with Crippen LogP contribution in [0, 0.1) is 0 Å². The van der Waals surface area contributed by atoms with Crippen molar-refractivity contribution in [3.05, 3.63) is 70.9 Å². The highest BCUT2D eigenvalue weighted by Crippen LogP contribution is 2.38. The molecule has 0 fully saturated rings. The third-order valence-corrected chi connectivity index (χ3v) is 7.33. The molecule has 230 valence electrons. The maximum absolute atomic E-state index is 13.0. The lowest BCUT2D eigenvalue weighted by atomic mass is 10.1. The molecule has 3 aromatic rings. The Morgan fingerprint density at radius 1 is 0.767 bits per heavy atom. The highest BCUT2D eigenvalue weighted by molar-refractivity contribution is 7.93. The van der Waals surface area contributed by atoms with E-state index in [1.807, 2.05) is 0 Å². The van der Waals surface area contributed by atoms with Gasteiger partial charge in [-0.1, -0.05) is 0 Å². The van der Waals surface area contributed by atoms with Crippen molar-refractivity contribution < 1.29 is 46.4 Å². The van der Waals surface area contributed by atoms with E-state index in [4.69, 9.17) is 33.2 Å². The number of rotatable bonds is 15. The molecule has 2 aromatic carbocycles. The average Bonchev–Trinajstić information content (AvgIpc) is 3.02. The summed E-state index contributed by atoms with van der Waals surface area (Å²) in [5.41, 5.74) is 0.969. The van der Waals surface area contributed by atoms with Crippen molar-refractivity contribution in [2.45, 2.75) is 5.75 Å². The minimum absolute atomic E-state index is 0.214. The molecule has 0 saturated carbocycles. The van der Waals surface area contributed by atoms with Crippen LogP contribution >= 0.6 is 0 Å². The number of carbonyl (C=O) groups is 1. The van der Waals surface area contributed by atoms with E-state index in [9.17, 15) is 13.2 Å². The van der Waals surface area contributed by atoms with E-state index in [2.05, 4.69) is 10.3 Å². The minimum Gasteiger partial charge on any atom is -0.496 e. The van der Waals surface area contributed by atoms with Crippen molar-refractivity contribution in [1.82, 2.24) is 4.98 Å². The van der Waals surface area contributed by atoms with Gasteiger partial charge < -0.3 is 38.5 Å². The molecule has 12 nitrogen and oxygen atoms in total. The molecular formula is C30H34N2O10S. The Balaban J connectivity index is 1.81. The van der Waals surface area contributed by atoms with Gasteiger partial charge in [-0.15, -0.1) is 0 Å². The van der Waals surface area contributed by atoms with Gasteiger partial charge in [-0.25, -0.2) is 13.4 Å². The van der Waals surface area contributed by atoms with Crippen molar-refractivity contribution >= 4 is 27.5 Å². The summed E-state index contributed by atoms with van der Waals surface area (Å²) in [5, 5.41) is 3.95. The maximum Gasteiger partial charge on any atom is 0.203 e. The molecule has 0 saturated heterocycles. The minimum atomic E-state index is -3.78. The molecule has 0 amide bonds. The second kappa shape index (κ2) is 14.8. The van der Waals surface area contributed by atoms with Crippen molar-refractivity contribution in [3.8, 4) is 40.2 Å². The van der Waals surface area contributed by atoms with Gasteiger partial charge in [-0.3, -0.25) is 4.79 Å². The zero-order valence-corrected chi connectivity index (χ0v) is 25.7. The van der Waals surface area contributed by atoms with Crippen LogP contribution in [-0.2, 0) is 15.6 Å². The second-order valence-electron chi connectivity index (χ2n) is 8.66. The zero-order chi connectivity index (χ0) is 31.6. The summed E-state index contributed by atoms with van der Waals surface area (Å²) in [7, 11) is 6.47. The molecule has 1 heterocycles. The molecule has 1 aromatic heterocycles. The van der Waals surface area contributed by atoms with Gasteiger partial charge >= 0.3 is 0 Å². The first-order valence-corrected chi connectivity index (χ1v) is 14.4. The normalized spacial score (nSPS) is 11.3. The number of anilines is 1. The van der Waals surface area contributed by atoms with Gasteiger partial charge in [0.15, 0.2) is 38.7 Å². The Labute approximate surface area is 250 Å². The summed E-state index contributed by atoms with van der Waals surface area (Å²) < 4.78 is 63.2. The van der Waals surface area contributed by atoms with Crippen molar-refractivity contribution in [1.29, 1.82) is 0 Å². The number of hydrogen-bond donors (Lipinski definition) is 1. The van der Waals surface area contributed by atoms with E-state index < -0.39 is 15.6 Å². The van der Waals surface area contributed by atoms with Crippen LogP contribution in [0.3, 0.4) is 0 Å². The summed E-state index contributed by atoms with van der Waals surface area (Å²) >= 11 is 0. The fourth-order valence-electron chi connectivity index (χ4n) is 3.97. The molecule has 0 radical (unpaired) electrons. The summed E-state index contributed by atoms with van der Waals surface area (Å²) in [6, 6.07) is 9.42. The number of nitrogens with zero attached hydrogens (tertiary/aromatic N) is 1. The highest BCUT2D eigenvalue weighted by atomic mass is 32.2. The lowest BCUT2D eigenvalue weighted by Crippen LogP contribution is -2.05. The molecule has 0 aliphatic rings. The van der Waals surface area contributed by atoms with Crippen LogP contribution in [0.15, 0.2) is 54.1 Å². The number of pyridine rings is 1. The molecule has 0 aliphatic heterocycles. The number of allylic oxidation sites excluding steroid dienone is 1. The Morgan fingerprint density at radius 3 is 1.86 bits per heavy atom.